The molecular formula is C62H38N4O2. The number of hydrogen-bond acceptors (Lipinski definition) is 6. The molecule has 13 rings (SSSR count). The highest BCUT2D eigenvalue weighted by atomic mass is 16.3. The van der Waals surface area contributed by atoms with Gasteiger partial charge in [0.25, 0.3) is 0 Å². The van der Waals surface area contributed by atoms with Gasteiger partial charge in [-0.05, 0) is 68.8 Å². The average Bonchev–Trinajstić information content (AvgIpc) is 4.00. The van der Waals surface area contributed by atoms with Crippen LogP contribution in [0.1, 0.15) is 0 Å². The van der Waals surface area contributed by atoms with Gasteiger partial charge < -0.3 is 8.83 Å². The molecule has 6 heteroatoms. The molecule has 0 aliphatic carbocycles. The van der Waals surface area contributed by atoms with E-state index in [1.807, 2.05) is 48.5 Å². The Bertz CT molecular complexity index is 3730. The highest BCUT2D eigenvalue weighted by molar-refractivity contribution is 6.12. The van der Waals surface area contributed by atoms with Gasteiger partial charge in [-0.15, -0.1) is 0 Å². The summed E-state index contributed by atoms with van der Waals surface area (Å²) in [5.41, 5.74) is 17.2. The monoisotopic (exact) mass is 870 g/mol. The van der Waals surface area contributed by atoms with E-state index >= 15 is 0 Å². The van der Waals surface area contributed by atoms with Crippen LogP contribution in [0.3, 0.4) is 0 Å². The lowest BCUT2D eigenvalue weighted by Crippen LogP contribution is -1.94. The number of fused-ring (bicyclic) bond motifs is 6. The van der Waals surface area contributed by atoms with Crippen LogP contribution >= 0.6 is 0 Å². The maximum Gasteiger partial charge on any atom is 0.231 e. The number of para-hydroxylation sites is 2. The summed E-state index contributed by atoms with van der Waals surface area (Å²) in [4.78, 5) is 20.5. The van der Waals surface area contributed by atoms with Crippen molar-refractivity contribution in [2.75, 3.05) is 0 Å². The van der Waals surface area contributed by atoms with Crippen molar-refractivity contribution in [2.45, 2.75) is 0 Å². The van der Waals surface area contributed by atoms with Crippen LogP contribution in [0.25, 0.3) is 134 Å². The van der Waals surface area contributed by atoms with Crippen LogP contribution in [0.2, 0.25) is 0 Å². The average molecular weight is 871 g/mol. The Kier molecular flexibility index (Phi) is 9.39. The fourth-order valence-electron chi connectivity index (χ4n) is 9.35. The molecule has 0 atom stereocenters. The summed E-state index contributed by atoms with van der Waals surface area (Å²) in [6.07, 6.45) is 0. The Hall–Kier alpha value is -9.26. The fraction of sp³-hybridized carbons (Fsp3) is 0. The third-order valence-electron chi connectivity index (χ3n) is 12.8. The predicted octanol–water partition coefficient (Wildman–Crippen LogP) is 16.4. The molecule has 13 aromatic rings. The molecule has 0 spiro atoms. The fourth-order valence-corrected chi connectivity index (χ4v) is 9.35. The van der Waals surface area contributed by atoms with E-state index in [2.05, 4.69) is 182 Å². The smallest absolute Gasteiger partial charge is 0.231 e. The first-order valence-electron chi connectivity index (χ1n) is 22.7. The van der Waals surface area contributed by atoms with Crippen molar-refractivity contribution in [3.05, 3.63) is 231 Å². The summed E-state index contributed by atoms with van der Waals surface area (Å²) in [6.45, 7) is 0. The van der Waals surface area contributed by atoms with Gasteiger partial charge in [0.2, 0.25) is 11.4 Å². The Morgan fingerprint density at radius 2 is 0.544 bits per heavy atom. The molecule has 0 amide bonds. The first kappa shape index (κ1) is 39.1. The number of furan rings is 2. The summed E-state index contributed by atoms with van der Waals surface area (Å²) in [6, 6.07) is 79.6. The van der Waals surface area contributed by atoms with Crippen molar-refractivity contribution >= 4 is 44.1 Å². The second-order valence-corrected chi connectivity index (χ2v) is 17.0. The van der Waals surface area contributed by atoms with Gasteiger partial charge in [0, 0.05) is 33.0 Å². The summed E-state index contributed by atoms with van der Waals surface area (Å²) in [5.74, 6) is 1.22. The second-order valence-electron chi connectivity index (χ2n) is 17.0. The van der Waals surface area contributed by atoms with E-state index in [1.54, 1.807) is 0 Å². The number of nitrogens with zero attached hydrogens (tertiary/aromatic N) is 4. The van der Waals surface area contributed by atoms with E-state index in [-0.39, 0.29) is 0 Å². The Morgan fingerprint density at radius 1 is 0.235 bits per heavy atom. The van der Waals surface area contributed by atoms with E-state index in [9.17, 15) is 0 Å². The highest BCUT2D eigenvalue weighted by Gasteiger charge is 2.21. The molecule has 4 aromatic heterocycles. The molecule has 318 valence electrons. The quantitative estimate of drug-likeness (QED) is 0.151. The van der Waals surface area contributed by atoms with Gasteiger partial charge in [-0.2, -0.15) is 9.97 Å². The van der Waals surface area contributed by atoms with Crippen molar-refractivity contribution in [3.8, 4) is 89.8 Å². The summed E-state index contributed by atoms with van der Waals surface area (Å²) >= 11 is 0. The van der Waals surface area contributed by atoms with Crippen LogP contribution in [0, 0.1) is 0 Å². The van der Waals surface area contributed by atoms with E-state index < -0.39 is 0 Å². The van der Waals surface area contributed by atoms with Crippen molar-refractivity contribution in [1.29, 1.82) is 0 Å². The minimum absolute atomic E-state index is 0.568. The molecule has 0 radical (unpaired) electrons. The van der Waals surface area contributed by atoms with E-state index in [0.717, 1.165) is 111 Å². The second kappa shape index (κ2) is 16.3. The zero-order valence-corrected chi connectivity index (χ0v) is 36.5. The van der Waals surface area contributed by atoms with Gasteiger partial charge in [0.05, 0.1) is 22.2 Å². The van der Waals surface area contributed by atoms with Gasteiger partial charge in [-0.3, -0.25) is 0 Å². The van der Waals surface area contributed by atoms with Gasteiger partial charge in [0.15, 0.2) is 11.6 Å². The Labute approximate surface area is 391 Å². The van der Waals surface area contributed by atoms with Gasteiger partial charge >= 0.3 is 0 Å². The zero-order valence-electron chi connectivity index (χ0n) is 36.5. The molecule has 0 fully saturated rings. The van der Waals surface area contributed by atoms with Crippen molar-refractivity contribution in [3.63, 3.8) is 0 Å². The van der Waals surface area contributed by atoms with Gasteiger partial charge in [0.1, 0.15) is 11.2 Å². The summed E-state index contributed by atoms with van der Waals surface area (Å²) in [5, 5.41) is 3.81. The molecule has 0 N–H and O–H groups in total. The standard InChI is InChI=1S/C62H38N4O2/c1-3-13-39(14-4-1)47-17-11-19-49(37-47)57-55-51-21-7-9-23-53(51)67-61(55)65-59(63-57)45-33-29-43(30-34-45)41-25-27-42(28-26-41)44-31-35-46(36-32-44)60-64-58(56-52-22-8-10-24-54(52)68-62(56)66-60)50-20-12-18-48(38-50)40-15-5-2-6-16-40/h1-38H. The SMILES string of the molecule is c1ccc(-c2cccc(-c3nc(-c4ccc(-c5ccc(-c6ccc(-c7nc(-c8cccc(-c9ccccc9)c8)c8c(n7)oc7ccccc78)cc6)cc5)cc4)nc4oc5ccccc5c34)c2)cc1. The summed E-state index contributed by atoms with van der Waals surface area (Å²) < 4.78 is 12.7. The lowest BCUT2D eigenvalue weighted by molar-refractivity contribution is 0.653. The lowest BCUT2D eigenvalue weighted by atomic mass is 9.98. The number of benzene rings is 9. The Balaban J connectivity index is 0.794. The molecule has 9 aromatic carbocycles. The topological polar surface area (TPSA) is 77.8 Å². The molecule has 0 saturated heterocycles. The van der Waals surface area contributed by atoms with Gasteiger partial charge in [-0.1, -0.05) is 206 Å². The molecule has 4 heterocycles. The molecule has 6 nitrogen and oxygen atoms in total. The largest absolute Gasteiger partial charge is 0.438 e. The minimum atomic E-state index is 0.568. The van der Waals surface area contributed by atoms with E-state index in [1.165, 1.54) is 0 Å². The van der Waals surface area contributed by atoms with E-state index in [0.29, 0.717) is 23.1 Å². The molecule has 68 heavy (non-hydrogen) atoms. The van der Waals surface area contributed by atoms with Crippen LogP contribution in [-0.4, -0.2) is 19.9 Å². The summed E-state index contributed by atoms with van der Waals surface area (Å²) in [7, 11) is 0. The molecule has 0 bridgehead atoms. The molecule has 0 aliphatic heterocycles. The normalized spacial score (nSPS) is 11.5. The zero-order chi connectivity index (χ0) is 45.0. The van der Waals surface area contributed by atoms with Crippen molar-refractivity contribution in [2.24, 2.45) is 0 Å². The molecule has 0 unspecified atom stereocenters. The number of rotatable bonds is 8. The van der Waals surface area contributed by atoms with Crippen LogP contribution in [0.5, 0.6) is 0 Å². The van der Waals surface area contributed by atoms with E-state index in [4.69, 9.17) is 28.8 Å². The third kappa shape index (κ3) is 7.00. The van der Waals surface area contributed by atoms with Crippen LogP contribution in [0.15, 0.2) is 239 Å². The van der Waals surface area contributed by atoms with Crippen LogP contribution in [-0.2, 0) is 0 Å². The number of aromatic nitrogens is 4. The molecular weight excluding hydrogens is 833 g/mol. The molecule has 0 saturated carbocycles. The first-order valence-corrected chi connectivity index (χ1v) is 22.7. The maximum absolute atomic E-state index is 6.36. The lowest BCUT2D eigenvalue weighted by Gasteiger charge is -2.10. The highest BCUT2D eigenvalue weighted by Crippen LogP contribution is 2.40. The predicted molar refractivity (Wildman–Crippen MR) is 276 cm³/mol. The van der Waals surface area contributed by atoms with Crippen molar-refractivity contribution in [1.82, 2.24) is 19.9 Å². The third-order valence-corrected chi connectivity index (χ3v) is 12.8. The first-order chi connectivity index (χ1) is 33.7. The molecule has 0 aliphatic rings. The van der Waals surface area contributed by atoms with Crippen molar-refractivity contribution < 1.29 is 8.83 Å². The van der Waals surface area contributed by atoms with Crippen LogP contribution in [0.4, 0.5) is 0 Å². The maximum atomic E-state index is 6.36. The minimum Gasteiger partial charge on any atom is -0.438 e. The van der Waals surface area contributed by atoms with Crippen LogP contribution < -0.4 is 0 Å². The van der Waals surface area contributed by atoms with Gasteiger partial charge in [-0.25, -0.2) is 9.97 Å². The number of hydrogen-bond donors (Lipinski definition) is 0. The Morgan fingerprint density at radius 3 is 0.941 bits per heavy atom.